The van der Waals surface area contributed by atoms with Gasteiger partial charge in [-0.05, 0) is 57.5 Å². The van der Waals surface area contributed by atoms with Crippen LogP contribution in [0.15, 0.2) is 48.5 Å². The van der Waals surface area contributed by atoms with E-state index in [1.165, 1.54) is 16.9 Å². The lowest BCUT2D eigenvalue weighted by atomic mass is 10.1. The fourth-order valence-corrected chi connectivity index (χ4v) is 4.32. The summed E-state index contributed by atoms with van der Waals surface area (Å²) < 4.78 is 7.26. The molecule has 4 aromatic rings. The zero-order valence-corrected chi connectivity index (χ0v) is 19.4. The normalized spacial score (nSPS) is 10.9. The van der Waals surface area contributed by atoms with Gasteiger partial charge in [-0.25, -0.2) is 9.67 Å². The number of aryl methyl sites for hydroxylation is 2. The Morgan fingerprint density at radius 3 is 2.47 bits per heavy atom. The number of carbonyl (C=O) groups excluding carboxylic acids is 1. The Bertz CT molecular complexity index is 1230. The van der Waals surface area contributed by atoms with Gasteiger partial charge in [-0.1, -0.05) is 35.0 Å². The lowest BCUT2D eigenvalue weighted by Gasteiger charge is -2.06. The highest BCUT2D eigenvalue weighted by Gasteiger charge is 2.20. The van der Waals surface area contributed by atoms with Crippen molar-refractivity contribution < 1.29 is 9.53 Å². The minimum atomic E-state index is -0.136. The molecule has 7 nitrogen and oxygen atoms in total. The highest BCUT2D eigenvalue weighted by molar-refractivity contribution is 7.17. The van der Waals surface area contributed by atoms with E-state index in [2.05, 4.69) is 20.6 Å². The zero-order valence-electron chi connectivity index (χ0n) is 18.5. The number of rotatable bonds is 7. The molecule has 164 valence electrons. The molecule has 4 rings (SSSR count). The van der Waals surface area contributed by atoms with Crippen LogP contribution >= 0.6 is 11.3 Å². The first-order valence-corrected chi connectivity index (χ1v) is 11.2. The van der Waals surface area contributed by atoms with Crippen LogP contribution < -0.4 is 10.1 Å². The van der Waals surface area contributed by atoms with E-state index < -0.39 is 0 Å². The molecule has 0 saturated heterocycles. The summed E-state index contributed by atoms with van der Waals surface area (Å²) in [5.41, 5.74) is 5.34. The van der Waals surface area contributed by atoms with Gasteiger partial charge >= 0.3 is 0 Å². The van der Waals surface area contributed by atoms with Gasteiger partial charge < -0.3 is 10.1 Å². The first-order valence-electron chi connectivity index (χ1n) is 10.4. The Labute approximate surface area is 191 Å². The van der Waals surface area contributed by atoms with Crippen LogP contribution in [0, 0.1) is 20.8 Å². The molecule has 2 aromatic carbocycles. The second-order valence-corrected chi connectivity index (χ2v) is 8.46. The van der Waals surface area contributed by atoms with Crippen molar-refractivity contribution in [2.24, 2.45) is 0 Å². The number of ether oxygens (including phenoxy) is 1. The minimum Gasteiger partial charge on any atom is -0.494 e. The van der Waals surface area contributed by atoms with Crippen LogP contribution in [-0.4, -0.2) is 32.5 Å². The Balaban J connectivity index is 1.52. The van der Waals surface area contributed by atoms with Crippen LogP contribution in [-0.2, 0) is 6.54 Å². The summed E-state index contributed by atoms with van der Waals surface area (Å²) in [6.45, 7) is 8.87. The maximum Gasteiger partial charge on any atom is 0.263 e. The number of nitrogens with zero attached hydrogens (tertiary/aromatic N) is 4. The van der Waals surface area contributed by atoms with Crippen LogP contribution in [0.5, 0.6) is 5.75 Å². The van der Waals surface area contributed by atoms with Gasteiger partial charge in [0.05, 0.1) is 23.7 Å². The van der Waals surface area contributed by atoms with E-state index in [4.69, 9.17) is 4.74 Å². The molecule has 1 N–H and O–H groups in total. The Morgan fingerprint density at radius 2 is 1.78 bits per heavy atom. The molecule has 0 saturated carbocycles. The predicted molar refractivity (Wildman–Crippen MR) is 125 cm³/mol. The van der Waals surface area contributed by atoms with Crippen LogP contribution in [0.25, 0.3) is 16.4 Å². The van der Waals surface area contributed by atoms with Crippen molar-refractivity contribution >= 4 is 17.2 Å². The van der Waals surface area contributed by atoms with E-state index in [-0.39, 0.29) is 5.91 Å². The molecule has 1 amide bonds. The van der Waals surface area contributed by atoms with Crippen molar-refractivity contribution in [3.8, 4) is 22.1 Å². The first kappa shape index (κ1) is 21.7. The molecule has 8 heteroatoms. The third kappa shape index (κ3) is 4.55. The van der Waals surface area contributed by atoms with Crippen LogP contribution in [0.4, 0.5) is 0 Å². The average Bonchev–Trinajstić information content (AvgIpc) is 3.36. The molecule has 0 radical (unpaired) electrons. The molecule has 0 fully saturated rings. The van der Waals surface area contributed by atoms with E-state index in [0.29, 0.717) is 34.4 Å². The van der Waals surface area contributed by atoms with E-state index >= 15 is 0 Å². The molecule has 2 heterocycles. The highest BCUT2D eigenvalue weighted by atomic mass is 32.1. The van der Waals surface area contributed by atoms with Crippen LogP contribution in [0.1, 0.15) is 39.1 Å². The number of aromatic nitrogens is 4. The fourth-order valence-electron chi connectivity index (χ4n) is 3.30. The molecule has 0 atom stereocenters. The average molecular weight is 448 g/mol. The first-order chi connectivity index (χ1) is 15.5. The van der Waals surface area contributed by atoms with E-state index in [0.717, 1.165) is 22.7 Å². The van der Waals surface area contributed by atoms with Gasteiger partial charge in [-0.2, -0.15) is 0 Å². The Kier molecular flexibility index (Phi) is 6.32. The van der Waals surface area contributed by atoms with Crippen molar-refractivity contribution in [2.75, 3.05) is 6.61 Å². The van der Waals surface area contributed by atoms with Crippen molar-refractivity contribution in [3.05, 3.63) is 75.9 Å². The molecule has 0 aliphatic heterocycles. The van der Waals surface area contributed by atoms with Gasteiger partial charge in [0.15, 0.2) is 0 Å². The molecular weight excluding hydrogens is 422 g/mol. The third-order valence-corrected chi connectivity index (χ3v) is 6.23. The second kappa shape index (κ2) is 9.32. The molecule has 0 spiro atoms. The lowest BCUT2D eigenvalue weighted by molar-refractivity contribution is 0.0954. The summed E-state index contributed by atoms with van der Waals surface area (Å²) in [7, 11) is 0. The zero-order chi connectivity index (χ0) is 22.7. The minimum absolute atomic E-state index is 0.136. The lowest BCUT2D eigenvalue weighted by Crippen LogP contribution is -2.22. The van der Waals surface area contributed by atoms with Crippen molar-refractivity contribution in [1.82, 2.24) is 25.3 Å². The second-order valence-electron chi connectivity index (χ2n) is 7.46. The quantitative estimate of drug-likeness (QED) is 0.446. The van der Waals surface area contributed by atoms with Gasteiger partial charge in [0.1, 0.15) is 21.3 Å². The summed E-state index contributed by atoms with van der Waals surface area (Å²) in [5.74, 6) is 0.675. The van der Waals surface area contributed by atoms with Gasteiger partial charge in [0.2, 0.25) is 0 Å². The van der Waals surface area contributed by atoms with Gasteiger partial charge in [-0.3, -0.25) is 4.79 Å². The van der Waals surface area contributed by atoms with Crippen LogP contribution in [0.3, 0.4) is 0 Å². The molecule has 0 bridgehead atoms. The maximum atomic E-state index is 12.8. The van der Waals surface area contributed by atoms with Gasteiger partial charge in [0, 0.05) is 6.54 Å². The topological polar surface area (TPSA) is 81.9 Å². The van der Waals surface area contributed by atoms with E-state index in [1.54, 1.807) is 4.68 Å². The number of benzene rings is 2. The SMILES string of the molecule is CCOc1ccc(-n2nnc(-c3nc(C)c(C(=O)NCc4ccc(C)cc4)s3)c2C)cc1. The molecule has 0 aliphatic carbocycles. The van der Waals surface area contributed by atoms with Crippen molar-refractivity contribution in [2.45, 2.75) is 34.2 Å². The standard InChI is InChI=1S/C24H25N5O2S/c1-5-31-20-12-10-19(11-13-20)29-17(4)21(27-28-29)24-26-16(3)22(32-24)23(30)25-14-18-8-6-15(2)7-9-18/h6-13H,5,14H2,1-4H3,(H,25,30). The maximum absolute atomic E-state index is 12.8. The number of hydrogen-bond donors (Lipinski definition) is 1. The van der Waals surface area contributed by atoms with Crippen LogP contribution in [0.2, 0.25) is 0 Å². The third-order valence-electron chi connectivity index (χ3n) is 5.07. The summed E-state index contributed by atoms with van der Waals surface area (Å²) >= 11 is 1.33. The summed E-state index contributed by atoms with van der Waals surface area (Å²) in [6.07, 6.45) is 0. The van der Waals surface area contributed by atoms with Crippen molar-refractivity contribution in [1.29, 1.82) is 0 Å². The van der Waals surface area contributed by atoms with E-state index in [1.807, 2.05) is 76.2 Å². The number of thiazole rings is 1. The number of carbonyl (C=O) groups is 1. The highest BCUT2D eigenvalue weighted by Crippen LogP contribution is 2.29. The van der Waals surface area contributed by atoms with Crippen molar-refractivity contribution in [3.63, 3.8) is 0 Å². The molecule has 2 aromatic heterocycles. The molecule has 0 aliphatic rings. The predicted octanol–water partition coefficient (Wildman–Crippen LogP) is 4.64. The molecule has 0 unspecified atom stereocenters. The number of nitrogens with one attached hydrogen (secondary N) is 1. The number of amides is 1. The van der Waals surface area contributed by atoms with Gasteiger partial charge in [-0.15, -0.1) is 16.4 Å². The molecular formula is C24H25N5O2S. The van der Waals surface area contributed by atoms with Gasteiger partial charge in [0.25, 0.3) is 5.91 Å². The summed E-state index contributed by atoms with van der Waals surface area (Å²) in [6, 6.07) is 15.8. The fraction of sp³-hybridized carbons (Fsp3) is 0.250. The Morgan fingerprint density at radius 1 is 1.06 bits per heavy atom. The Hall–Kier alpha value is -3.52. The van der Waals surface area contributed by atoms with E-state index in [9.17, 15) is 4.79 Å². The smallest absolute Gasteiger partial charge is 0.263 e. The largest absolute Gasteiger partial charge is 0.494 e. The summed E-state index contributed by atoms with van der Waals surface area (Å²) in [4.78, 5) is 17.9. The monoisotopic (exact) mass is 447 g/mol. The molecule has 32 heavy (non-hydrogen) atoms. The summed E-state index contributed by atoms with van der Waals surface area (Å²) in [5, 5.41) is 12.3. The number of hydrogen-bond acceptors (Lipinski definition) is 6.